The van der Waals surface area contributed by atoms with E-state index in [1.807, 2.05) is 37.4 Å². The Kier molecular flexibility index (Phi) is 8.61. The zero-order valence-electron chi connectivity index (χ0n) is 16.4. The van der Waals surface area contributed by atoms with E-state index in [1.54, 1.807) is 42.1 Å². The Balaban J connectivity index is 2.07. The fraction of sp³-hybridized carbons (Fsp3) is 0.273. The van der Waals surface area contributed by atoms with Crippen molar-refractivity contribution in [1.82, 2.24) is 0 Å². The zero-order chi connectivity index (χ0) is 21.2. The number of thioether (sulfide) groups is 1. The number of hydrogen-bond donors (Lipinski definition) is 3. The molecule has 2 atom stereocenters. The van der Waals surface area contributed by atoms with Crippen molar-refractivity contribution in [2.75, 3.05) is 11.6 Å². The summed E-state index contributed by atoms with van der Waals surface area (Å²) >= 11 is 1.61. The number of amides is 1. The molecule has 0 saturated heterocycles. The number of anilines is 1. The van der Waals surface area contributed by atoms with Gasteiger partial charge >= 0.3 is 12.1 Å². The molecule has 0 aliphatic heterocycles. The van der Waals surface area contributed by atoms with Crippen molar-refractivity contribution in [3.63, 3.8) is 0 Å². The van der Waals surface area contributed by atoms with Crippen molar-refractivity contribution < 1.29 is 24.5 Å². The number of ether oxygens (including phenoxy) is 1. The molecule has 0 unspecified atom stereocenters. The molecule has 0 bridgehead atoms. The fourth-order valence-corrected chi connectivity index (χ4v) is 3.22. The Morgan fingerprint density at radius 3 is 2.38 bits per heavy atom. The lowest BCUT2D eigenvalue weighted by Crippen LogP contribution is -2.22. The number of rotatable bonds is 9. The fourth-order valence-electron chi connectivity index (χ4n) is 2.81. The molecule has 0 heterocycles. The molecule has 0 saturated carbocycles. The summed E-state index contributed by atoms with van der Waals surface area (Å²) in [5, 5.41) is 21.0. The molecule has 7 heteroatoms. The van der Waals surface area contributed by atoms with Gasteiger partial charge in [0.2, 0.25) is 0 Å². The number of hydrogen-bond acceptors (Lipinski definition) is 5. The van der Waals surface area contributed by atoms with Crippen LogP contribution in [0.1, 0.15) is 31.4 Å². The van der Waals surface area contributed by atoms with Gasteiger partial charge in [-0.05, 0) is 67.0 Å². The van der Waals surface area contributed by atoms with Gasteiger partial charge in [-0.3, -0.25) is 5.32 Å². The van der Waals surface area contributed by atoms with Crippen LogP contribution in [0.25, 0.3) is 0 Å². The van der Waals surface area contributed by atoms with E-state index in [9.17, 15) is 14.7 Å². The van der Waals surface area contributed by atoms with Crippen LogP contribution in [0.5, 0.6) is 5.75 Å². The van der Waals surface area contributed by atoms with Crippen LogP contribution in [0.2, 0.25) is 0 Å². The van der Waals surface area contributed by atoms with Crippen LogP contribution in [0.15, 0.2) is 65.6 Å². The first-order valence-electron chi connectivity index (χ1n) is 9.19. The number of carboxylic acid groups (broad SMARTS) is 1. The van der Waals surface area contributed by atoms with E-state index < -0.39 is 18.2 Å². The molecule has 1 amide bonds. The van der Waals surface area contributed by atoms with E-state index >= 15 is 0 Å². The van der Waals surface area contributed by atoms with Gasteiger partial charge in [-0.2, -0.15) is 0 Å². The van der Waals surface area contributed by atoms with Crippen molar-refractivity contribution in [3.05, 3.63) is 66.2 Å². The summed E-state index contributed by atoms with van der Waals surface area (Å²) in [5.74, 6) is -0.929. The molecular weight excluding hydrogens is 390 g/mol. The SMILES string of the molecule is CSc1ccc(NC(=O)O[C@H](c2ccc(O)cc2)[C@H](C)CC/C=C/C(=O)O)cc1. The highest BCUT2D eigenvalue weighted by molar-refractivity contribution is 7.98. The van der Waals surface area contributed by atoms with Crippen LogP contribution >= 0.6 is 11.8 Å². The Bertz CT molecular complexity index is 833. The molecule has 0 fully saturated rings. The van der Waals surface area contributed by atoms with Crippen LogP contribution in [0.4, 0.5) is 10.5 Å². The second-order valence-electron chi connectivity index (χ2n) is 6.57. The van der Waals surface area contributed by atoms with Gasteiger partial charge < -0.3 is 14.9 Å². The number of carboxylic acids is 1. The van der Waals surface area contributed by atoms with E-state index in [-0.39, 0.29) is 11.7 Å². The van der Waals surface area contributed by atoms with Crippen LogP contribution < -0.4 is 5.32 Å². The quantitative estimate of drug-likeness (QED) is 0.372. The number of aliphatic carboxylic acids is 1. The Hall–Kier alpha value is -2.93. The molecule has 29 heavy (non-hydrogen) atoms. The molecular formula is C22H25NO5S. The lowest BCUT2D eigenvalue weighted by atomic mass is 9.93. The number of carbonyl (C=O) groups excluding carboxylic acids is 1. The number of aromatic hydroxyl groups is 1. The Labute approximate surface area is 174 Å². The van der Waals surface area contributed by atoms with Gasteiger partial charge in [0, 0.05) is 16.7 Å². The molecule has 0 radical (unpaired) electrons. The molecule has 0 aliphatic rings. The standard InChI is InChI=1S/C22H25NO5S/c1-15(5-3-4-6-20(25)26)21(16-7-11-18(24)12-8-16)28-22(27)23-17-9-13-19(29-2)14-10-17/h4,6-15,21,24H,3,5H2,1-2H3,(H,23,27)(H,25,26)/b6-4+/t15-,21+/m1/s1. The zero-order valence-corrected chi connectivity index (χ0v) is 17.2. The predicted octanol–water partition coefficient (Wildman–Crippen LogP) is 5.46. The van der Waals surface area contributed by atoms with E-state index in [0.717, 1.165) is 16.5 Å². The smallest absolute Gasteiger partial charge is 0.412 e. The summed E-state index contributed by atoms with van der Waals surface area (Å²) in [5.41, 5.74) is 1.39. The summed E-state index contributed by atoms with van der Waals surface area (Å²) in [6.07, 6.45) is 4.72. The topological polar surface area (TPSA) is 95.9 Å². The molecule has 0 spiro atoms. The van der Waals surface area contributed by atoms with E-state index in [2.05, 4.69) is 5.32 Å². The molecule has 2 rings (SSSR count). The normalized spacial score (nSPS) is 13.0. The average molecular weight is 416 g/mol. The summed E-state index contributed by atoms with van der Waals surface area (Å²) in [4.78, 5) is 24.2. The molecule has 2 aromatic rings. The number of phenolic OH excluding ortho intramolecular Hbond substituents is 1. The third kappa shape index (κ3) is 7.54. The van der Waals surface area contributed by atoms with Crippen LogP contribution in [0.3, 0.4) is 0 Å². The summed E-state index contributed by atoms with van der Waals surface area (Å²) in [6, 6.07) is 14.0. The number of benzene rings is 2. The van der Waals surface area contributed by atoms with Gasteiger partial charge in [-0.15, -0.1) is 11.8 Å². The minimum Gasteiger partial charge on any atom is -0.508 e. The van der Waals surface area contributed by atoms with Gasteiger partial charge in [0.05, 0.1) is 0 Å². The average Bonchev–Trinajstić information content (AvgIpc) is 2.70. The number of nitrogens with one attached hydrogen (secondary N) is 1. The molecule has 0 aromatic heterocycles. The maximum absolute atomic E-state index is 12.5. The van der Waals surface area contributed by atoms with E-state index in [0.29, 0.717) is 18.5 Å². The first-order valence-corrected chi connectivity index (χ1v) is 10.4. The predicted molar refractivity (Wildman–Crippen MR) is 114 cm³/mol. The number of allylic oxidation sites excluding steroid dienone is 1. The molecule has 3 N–H and O–H groups in total. The first-order chi connectivity index (χ1) is 13.9. The van der Waals surface area contributed by atoms with Crippen LogP contribution in [-0.4, -0.2) is 28.5 Å². The van der Waals surface area contributed by atoms with E-state index in [1.165, 1.54) is 0 Å². The minimum absolute atomic E-state index is 0.0670. The van der Waals surface area contributed by atoms with Gasteiger partial charge in [0.15, 0.2) is 0 Å². The maximum atomic E-state index is 12.5. The lowest BCUT2D eigenvalue weighted by molar-refractivity contribution is -0.131. The van der Waals surface area contributed by atoms with Crippen LogP contribution in [0, 0.1) is 5.92 Å². The van der Waals surface area contributed by atoms with Crippen molar-refractivity contribution in [1.29, 1.82) is 0 Å². The lowest BCUT2D eigenvalue weighted by Gasteiger charge is -2.24. The minimum atomic E-state index is -0.990. The maximum Gasteiger partial charge on any atom is 0.412 e. The highest BCUT2D eigenvalue weighted by Crippen LogP contribution is 2.31. The van der Waals surface area contributed by atoms with Crippen molar-refractivity contribution in [2.45, 2.75) is 30.8 Å². The van der Waals surface area contributed by atoms with E-state index in [4.69, 9.17) is 9.84 Å². The Morgan fingerprint density at radius 1 is 1.14 bits per heavy atom. The second kappa shape index (κ2) is 11.2. The second-order valence-corrected chi connectivity index (χ2v) is 7.45. The number of phenols is 1. The monoisotopic (exact) mass is 415 g/mol. The van der Waals surface area contributed by atoms with Gasteiger partial charge in [0.1, 0.15) is 11.9 Å². The van der Waals surface area contributed by atoms with Crippen molar-refractivity contribution >= 4 is 29.5 Å². The summed E-state index contributed by atoms with van der Waals surface area (Å²) < 4.78 is 5.70. The summed E-state index contributed by atoms with van der Waals surface area (Å²) in [6.45, 7) is 1.94. The molecule has 6 nitrogen and oxygen atoms in total. The molecule has 154 valence electrons. The molecule has 2 aromatic carbocycles. The van der Waals surface area contributed by atoms with Crippen molar-refractivity contribution in [2.24, 2.45) is 5.92 Å². The van der Waals surface area contributed by atoms with Gasteiger partial charge in [-0.1, -0.05) is 25.1 Å². The largest absolute Gasteiger partial charge is 0.508 e. The highest BCUT2D eigenvalue weighted by Gasteiger charge is 2.23. The van der Waals surface area contributed by atoms with Crippen molar-refractivity contribution in [3.8, 4) is 5.75 Å². The third-order valence-corrected chi connectivity index (χ3v) is 5.10. The third-order valence-electron chi connectivity index (χ3n) is 4.36. The Morgan fingerprint density at radius 2 is 1.79 bits per heavy atom. The first kappa shape index (κ1) is 22.4. The molecule has 0 aliphatic carbocycles. The van der Waals surface area contributed by atoms with Gasteiger partial charge in [-0.25, -0.2) is 9.59 Å². The number of carbonyl (C=O) groups is 2. The highest BCUT2D eigenvalue weighted by atomic mass is 32.2. The summed E-state index contributed by atoms with van der Waals surface area (Å²) in [7, 11) is 0. The van der Waals surface area contributed by atoms with Crippen LogP contribution in [-0.2, 0) is 9.53 Å². The van der Waals surface area contributed by atoms with Gasteiger partial charge in [0.25, 0.3) is 0 Å².